The van der Waals surface area contributed by atoms with Crippen LogP contribution in [0.5, 0.6) is 5.75 Å². The summed E-state index contributed by atoms with van der Waals surface area (Å²) in [6.45, 7) is 1.91. The molecule has 0 aliphatic rings. The van der Waals surface area contributed by atoms with Gasteiger partial charge in [0.15, 0.2) is 0 Å². The van der Waals surface area contributed by atoms with E-state index in [4.69, 9.17) is 4.74 Å². The second-order valence-corrected chi connectivity index (χ2v) is 8.90. The van der Waals surface area contributed by atoms with E-state index in [0.29, 0.717) is 11.3 Å². The molecule has 0 atom stereocenters. The standard InChI is InChI=1S/C23H20BrNO3S/c1-17-3-14-22(15-4-17)29(26,27)25-23(19-8-10-20(24)11-9-19)16-7-18-5-12-21(28-2)13-6-18/h3-16H,1-2H3/b16-7+,25-23?. The summed E-state index contributed by atoms with van der Waals surface area (Å²) in [5.74, 6) is 0.755. The van der Waals surface area contributed by atoms with Gasteiger partial charge in [-0.15, -0.1) is 0 Å². The monoisotopic (exact) mass is 469 g/mol. The van der Waals surface area contributed by atoms with Gasteiger partial charge >= 0.3 is 0 Å². The maximum Gasteiger partial charge on any atom is 0.282 e. The molecule has 0 N–H and O–H groups in total. The van der Waals surface area contributed by atoms with Crippen molar-refractivity contribution < 1.29 is 13.2 Å². The van der Waals surface area contributed by atoms with Crippen LogP contribution in [0.25, 0.3) is 6.08 Å². The van der Waals surface area contributed by atoms with Crippen LogP contribution < -0.4 is 4.74 Å². The minimum absolute atomic E-state index is 0.163. The first kappa shape index (κ1) is 21.0. The van der Waals surface area contributed by atoms with Gasteiger partial charge in [0.25, 0.3) is 10.0 Å². The lowest BCUT2D eigenvalue weighted by Gasteiger charge is -2.05. The molecule has 0 amide bonds. The zero-order valence-electron chi connectivity index (χ0n) is 16.0. The summed E-state index contributed by atoms with van der Waals surface area (Å²) in [7, 11) is -2.23. The molecule has 0 heterocycles. The Labute approximate surface area is 179 Å². The van der Waals surface area contributed by atoms with Crippen molar-refractivity contribution in [3.63, 3.8) is 0 Å². The third kappa shape index (κ3) is 5.65. The molecule has 3 aromatic rings. The topological polar surface area (TPSA) is 55.7 Å². The smallest absolute Gasteiger partial charge is 0.282 e. The number of allylic oxidation sites excluding steroid dienone is 1. The molecule has 29 heavy (non-hydrogen) atoms. The average Bonchev–Trinajstić information content (AvgIpc) is 2.72. The molecule has 0 aromatic heterocycles. The number of aryl methyl sites for hydroxylation is 1. The number of rotatable bonds is 6. The lowest BCUT2D eigenvalue weighted by Crippen LogP contribution is -2.04. The highest BCUT2D eigenvalue weighted by Crippen LogP contribution is 2.18. The Kier molecular flexibility index (Phi) is 6.67. The molecular weight excluding hydrogens is 450 g/mol. The van der Waals surface area contributed by atoms with E-state index in [1.807, 2.05) is 61.5 Å². The molecule has 0 saturated heterocycles. The van der Waals surface area contributed by atoms with Gasteiger partial charge in [-0.2, -0.15) is 12.8 Å². The average molecular weight is 470 g/mol. The fraction of sp³-hybridized carbons (Fsp3) is 0.0870. The Balaban J connectivity index is 2.02. The van der Waals surface area contributed by atoms with Crippen LogP contribution in [0.15, 0.2) is 92.6 Å². The number of ether oxygens (including phenoxy) is 1. The van der Waals surface area contributed by atoms with Crippen molar-refractivity contribution >= 4 is 37.7 Å². The molecule has 0 bridgehead atoms. The summed E-state index contributed by atoms with van der Waals surface area (Å²) in [6, 6.07) is 21.5. The Morgan fingerprint density at radius 2 is 1.55 bits per heavy atom. The van der Waals surface area contributed by atoms with Gasteiger partial charge in [-0.3, -0.25) is 0 Å². The van der Waals surface area contributed by atoms with Crippen LogP contribution in [0.2, 0.25) is 0 Å². The Hall–Kier alpha value is -2.70. The van der Waals surface area contributed by atoms with Gasteiger partial charge in [0.1, 0.15) is 5.75 Å². The molecule has 4 nitrogen and oxygen atoms in total. The molecule has 0 radical (unpaired) electrons. The van der Waals surface area contributed by atoms with E-state index < -0.39 is 10.0 Å². The zero-order valence-corrected chi connectivity index (χ0v) is 18.4. The van der Waals surface area contributed by atoms with E-state index in [1.165, 1.54) is 0 Å². The number of sulfonamides is 1. The number of hydrogen-bond acceptors (Lipinski definition) is 3. The van der Waals surface area contributed by atoms with Crippen molar-refractivity contribution in [1.82, 2.24) is 0 Å². The van der Waals surface area contributed by atoms with Gasteiger partial charge < -0.3 is 4.74 Å². The zero-order chi connectivity index (χ0) is 20.9. The number of nitrogens with zero attached hydrogens (tertiary/aromatic N) is 1. The highest BCUT2D eigenvalue weighted by Gasteiger charge is 2.14. The summed E-state index contributed by atoms with van der Waals surface area (Å²) >= 11 is 3.40. The van der Waals surface area contributed by atoms with Crippen LogP contribution in [0.4, 0.5) is 0 Å². The number of halogens is 1. The Bertz CT molecular complexity index is 1130. The summed E-state index contributed by atoms with van der Waals surface area (Å²) in [4.78, 5) is 0.163. The molecule has 6 heteroatoms. The molecule has 0 fully saturated rings. The van der Waals surface area contributed by atoms with Gasteiger partial charge in [0, 0.05) is 10.0 Å². The van der Waals surface area contributed by atoms with Crippen molar-refractivity contribution in [1.29, 1.82) is 0 Å². The summed E-state index contributed by atoms with van der Waals surface area (Å²) < 4.78 is 35.9. The molecule has 0 aliphatic carbocycles. The third-order valence-electron chi connectivity index (χ3n) is 4.23. The second-order valence-electron chi connectivity index (χ2n) is 6.38. The van der Waals surface area contributed by atoms with E-state index in [1.54, 1.807) is 37.5 Å². The number of hydrogen-bond donors (Lipinski definition) is 0. The van der Waals surface area contributed by atoms with Gasteiger partial charge in [0.2, 0.25) is 0 Å². The molecule has 148 valence electrons. The summed E-state index contributed by atoms with van der Waals surface area (Å²) in [5.41, 5.74) is 2.95. The van der Waals surface area contributed by atoms with Crippen LogP contribution in [0.3, 0.4) is 0 Å². The quantitative estimate of drug-likeness (QED) is 0.437. The first-order chi connectivity index (χ1) is 13.9. The SMILES string of the molecule is COc1ccc(/C=C/C(=NS(=O)(=O)c2ccc(C)cc2)c2ccc(Br)cc2)cc1. The van der Waals surface area contributed by atoms with Gasteiger partial charge in [0.05, 0.1) is 17.7 Å². The lowest BCUT2D eigenvalue weighted by molar-refractivity contribution is 0.415. The number of benzene rings is 3. The molecule has 0 unspecified atom stereocenters. The van der Waals surface area contributed by atoms with E-state index in [-0.39, 0.29) is 4.90 Å². The van der Waals surface area contributed by atoms with Gasteiger partial charge in [-0.05, 0) is 55.0 Å². The molecule has 0 spiro atoms. The third-order valence-corrected chi connectivity index (χ3v) is 6.06. The number of methoxy groups -OCH3 is 1. The van der Waals surface area contributed by atoms with Crippen LogP contribution >= 0.6 is 15.9 Å². The van der Waals surface area contributed by atoms with Gasteiger partial charge in [-0.1, -0.05) is 64.0 Å². The largest absolute Gasteiger partial charge is 0.497 e. The highest BCUT2D eigenvalue weighted by molar-refractivity contribution is 9.10. The first-order valence-corrected chi connectivity index (χ1v) is 11.1. The summed E-state index contributed by atoms with van der Waals surface area (Å²) in [6.07, 6.45) is 3.53. The highest BCUT2D eigenvalue weighted by atomic mass is 79.9. The second kappa shape index (κ2) is 9.20. The van der Waals surface area contributed by atoms with E-state index in [9.17, 15) is 8.42 Å². The normalized spacial score (nSPS) is 12.3. The van der Waals surface area contributed by atoms with Crippen LogP contribution in [-0.2, 0) is 10.0 Å². The molecule has 3 aromatic carbocycles. The maximum atomic E-state index is 12.8. The predicted octanol–water partition coefficient (Wildman–Crippen LogP) is 5.66. The van der Waals surface area contributed by atoms with Crippen LogP contribution in [0, 0.1) is 6.92 Å². The Morgan fingerprint density at radius 1 is 0.931 bits per heavy atom. The van der Waals surface area contributed by atoms with Crippen molar-refractivity contribution in [3.8, 4) is 5.75 Å². The van der Waals surface area contributed by atoms with Gasteiger partial charge in [-0.25, -0.2) is 0 Å². The minimum atomic E-state index is -3.84. The fourth-order valence-corrected chi connectivity index (χ4v) is 3.86. The lowest BCUT2D eigenvalue weighted by atomic mass is 10.1. The van der Waals surface area contributed by atoms with E-state index in [2.05, 4.69) is 20.3 Å². The molecule has 3 rings (SSSR count). The van der Waals surface area contributed by atoms with E-state index in [0.717, 1.165) is 21.3 Å². The first-order valence-electron chi connectivity index (χ1n) is 8.87. The molecule has 0 saturated carbocycles. The van der Waals surface area contributed by atoms with Crippen molar-refractivity contribution in [2.75, 3.05) is 7.11 Å². The summed E-state index contributed by atoms with van der Waals surface area (Å²) in [5, 5.41) is 0. The van der Waals surface area contributed by atoms with Crippen molar-refractivity contribution in [2.24, 2.45) is 4.40 Å². The van der Waals surface area contributed by atoms with E-state index >= 15 is 0 Å². The van der Waals surface area contributed by atoms with Crippen molar-refractivity contribution in [2.45, 2.75) is 11.8 Å². The Morgan fingerprint density at radius 3 is 2.14 bits per heavy atom. The maximum absolute atomic E-state index is 12.8. The molecule has 0 aliphatic heterocycles. The van der Waals surface area contributed by atoms with Crippen molar-refractivity contribution in [3.05, 3.63) is 100 Å². The van der Waals surface area contributed by atoms with Crippen LogP contribution in [-0.4, -0.2) is 21.2 Å². The minimum Gasteiger partial charge on any atom is -0.497 e. The van der Waals surface area contributed by atoms with Crippen LogP contribution in [0.1, 0.15) is 16.7 Å². The molecular formula is C23H20BrNO3S. The predicted molar refractivity (Wildman–Crippen MR) is 121 cm³/mol. The fourth-order valence-electron chi connectivity index (χ4n) is 2.58.